The van der Waals surface area contributed by atoms with Crippen LogP contribution in [0.3, 0.4) is 0 Å². The lowest BCUT2D eigenvalue weighted by Gasteiger charge is -2.56. The first-order valence-electron chi connectivity index (χ1n) is 15.2. The quantitative estimate of drug-likeness (QED) is 0.385. The molecule has 5 unspecified atom stereocenters. The van der Waals surface area contributed by atoms with Crippen molar-refractivity contribution in [2.75, 3.05) is 13.7 Å². The van der Waals surface area contributed by atoms with Gasteiger partial charge >= 0.3 is 0 Å². The number of likely N-dealkylation sites (tertiary alicyclic amines) is 2. The predicted molar refractivity (Wildman–Crippen MR) is 159 cm³/mol. The molecule has 1 amide bonds. The maximum atomic E-state index is 13.1. The summed E-state index contributed by atoms with van der Waals surface area (Å²) in [4.78, 5) is 18.5. The Bertz CT molecular complexity index is 1110. The van der Waals surface area contributed by atoms with E-state index >= 15 is 0 Å². The van der Waals surface area contributed by atoms with Gasteiger partial charge in [-0.15, -0.1) is 6.58 Å². The highest BCUT2D eigenvalue weighted by molar-refractivity contribution is 5.94. The molecule has 5 heteroatoms. The molecule has 0 spiro atoms. The molecule has 2 heterocycles. The zero-order valence-corrected chi connectivity index (χ0v) is 24.1. The molecule has 3 aliphatic rings. The van der Waals surface area contributed by atoms with Gasteiger partial charge < -0.3 is 10.1 Å². The van der Waals surface area contributed by atoms with E-state index in [1.807, 2.05) is 18.2 Å². The van der Waals surface area contributed by atoms with E-state index in [1.54, 1.807) is 7.11 Å². The van der Waals surface area contributed by atoms with E-state index in [9.17, 15) is 4.79 Å². The average Bonchev–Trinajstić information content (AvgIpc) is 2.97. The number of methoxy groups -OCH3 is 1. The zero-order chi connectivity index (χ0) is 27.4. The van der Waals surface area contributed by atoms with E-state index < -0.39 is 0 Å². The van der Waals surface area contributed by atoms with Crippen LogP contribution in [-0.2, 0) is 0 Å². The van der Waals surface area contributed by atoms with E-state index in [4.69, 9.17) is 4.74 Å². The number of hydrogen-bond donors (Lipinski definition) is 1. The van der Waals surface area contributed by atoms with E-state index in [2.05, 4.69) is 72.0 Å². The molecule has 0 radical (unpaired) electrons. The Labute approximate surface area is 235 Å². The third-order valence-electron chi connectivity index (χ3n) is 9.57. The number of fused-ring (bicyclic) bond motifs is 1. The minimum atomic E-state index is 0.0547. The summed E-state index contributed by atoms with van der Waals surface area (Å²) in [5, 5.41) is 3.28. The molecule has 5 rings (SSSR count). The number of rotatable bonds is 8. The second kappa shape index (κ2) is 12.7. The van der Waals surface area contributed by atoms with Crippen LogP contribution < -0.4 is 10.1 Å². The van der Waals surface area contributed by atoms with Crippen LogP contribution in [-0.4, -0.2) is 59.6 Å². The molecular weight excluding hydrogens is 482 g/mol. The molecule has 2 aromatic rings. The normalized spacial score (nSPS) is 27.4. The summed E-state index contributed by atoms with van der Waals surface area (Å²) in [5.41, 5.74) is 3.23. The third kappa shape index (κ3) is 6.10. The summed E-state index contributed by atoms with van der Waals surface area (Å²) in [6.45, 7) is 9.78. The highest BCUT2D eigenvalue weighted by Gasteiger charge is 2.45. The van der Waals surface area contributed by atoms with E-state index in [1.165, 1.54) is 56.1 Å². The highest BCUT2D eigenvalue weighted by Crippen LogP contribution is 2.43. The fourth-order valence-electron chi connectivity index (χ4n) is 7.50. The summed E-state index contributed by atoms with van der Waals surface area (Å²) in [5.74, 6) is 0.937. The van der Waals surface area contributed by atoms with Crippen molar-refractivity contribution in [3.05, 3.63) is 77.9 Å². The molecule has 5 atom stereocenters. The van der Waals surface area contributed by atoms with Gasteiger partial charge in [-0.2, -0.15) is 0 Å². The maximum Gasteiger partial charge on any atom is 0.251 e. The van der Waals surface area contributed by atoms with Gasteiger partial charge in [0.25, 0.3) is 5.91 Å². The minimum Gasteiger partial charge on any atom is -0.497 e. The molecule has 5 nitrogen and oxygen atoms in total. The zero-order valence-electron chi connectivity index (χ0n) is 24.1. The molecule has 2 saturated heterocycles. The van der Waals surface area contributed by atoms with Crippen molar-refractivity contribution >= 4 is 5.91 Å². The van der Waals surface area contributed by atoms with Crippen molar-refractivity contribution in [2.24, 2.45) is 0 Å². The van der Waals surface area contributed by atoms with Crippen molar-refractivity contribution in [3.63, 3.8) is 0 Å². The summed E-state index contributed by atoms with van der Waals surface area (Å²) in [6.07, 6.45) is 12.8. The molecule has 3 fully saturated rings. The topological polar surface area (TPSA) is 44.8 Å². The number of carbonyl (C=O) groups is 1. The Hall–Kier alpha value is -2.63. The summed E-state index contributed by atoms with van der Waals surface area (Å²) >= 11 is 0. The van der Waals surface area contributed by atoms with Crippen LogP contribution in [0, 0.1) is 0 Å². The SMILES string of the molecule is C=CCN1C(C)CCC2C1CCC(C)N2C(c1ccc(C(=O)NC2CCCCC2)cc1)c1cccc(OC)c1. The lowest BCUT2D eigenvalue weighted by molar-refractivity contribution is -0.0499. The second-order valence-electron chi connectivity index (χ2n) is 12.0. The molecule has 2 aromatic carbocycles. The summed E-state index contributed by atoms with van der Waals surface area (Å²) in [7, 11) is 1.74. The van der Waals surface area contributed by atoms with Crippen LogP contribution in [0.4, 0.5) is 0 Å². The molecule has 0 aromatic heterocycles. The number of carbonyl (C=O) groups excluding carboxylic acids is 1. The van der Waals surface area contributed by atoms with Crippen molar-refractivity contribution in [1.82, 2.24) is 15.1 Å². The number of hydrogen-bond acceptors (Lipinski definition) is 4. The largest absolute Gasteiger partial charge is 0.497 e. The fourth-order valence-corrected chi connectivity index (χ4v) is 7.50. The fraction of sp³-hybridized carbons (Fsp3) is 0.559. The van der Waals surface area contributed by atoms with Gasteiger partial charge in [0.1, 0.15) is 5.75 Å². The molecule has 210 valence electrons. The Morgan fingerprint density at radius 1 is 0.949 bits per heavy atom. The van der Waals surface area contributed by atoms with E-state index in [0.29, 0.717) is 30.2 Å². The number of nitrogens with one attached hydrogen (secondary N) is 1. The van der Waals surface area contributed by atoms with Crippen LogP contribution >= 0.6 is 0 Å². The van der Waals surface area contributed by atoms with Crippen LogP contribution in [0.15, 0.2) is 61.2 Å². The highest BCUT2D eigenvalue weighted by atomic mass is 16.5. The average molecular weight is 530 g/mol. The first kappa shape index (κ1) is 27.9. The van der Waals surface area contributed by atoms with Crippen molar-refractivity contribution in [3.8, 4) is 5.75 Å². The van der Waals surface area contributed by atoms with Crippen LogP contribution in [0.5, 0.6) is 5.75 Å². The Morgan fingerprint density at radius 3 is 2.38 bits per heavy atom. The molecule has 0 bridgehead atoms. The molecule has 39 heavy (non-hydrogen) atoms. The number of piperidine rings is 2. The van der Waals surface area contributed by atoms with Crippen LogP contribution in [0.25, 0.3) is 0 Å². The Morgan fingerprint density at radius 2 is 1.67 bits per heavy atom. The third-order valence-corrected chi connectivity index (χ3v) is 9.57. The van der Waals surface area contributed by atoms with Crippen molar-refractivity contribution in [2.45, 2.75) is 108 Å². The van der Waals surface area contributed by atoms with Gasteiger partial charge in [-0.25, -0.2) is 0 Å². The van der Waals surface area contributed by atoms with E-state index in [0.717, 1.165) is 30.7 Å². The number of nitrogens with zero attached hydrogens (tertiary/aromatic N) is 2. The standard InChI is InChI=1S/C34H47N3O2/c1-5-22-36-24(2)14-21-32-31(36)20-15-25(3)37(32)33(28-10-9-13-30(23-28)39-4)26-16-18-27(19-17-26)34(38)35-29-11-7-6-8-12-29/h5,9-10,13,16-19,23-25,29,31-33H,1,6-8,11-12,14-15,20-22H2,2-4H3,(H,35,38). The molecule has 1 N–H and O–H groups in total. The first-order chi connectivity index (χ1) is 19.0. The number of amides is 1. The number of ether oxygens (including phenoxy) is 1. The maximum absolute atomic E-state index is 13.1. The monoisotopic (exact) mass is 529 g/mol. The van der Waals surface area contributed by atoms with E-state index in [-0.39, 0.29) is 11.9 Å². The lowest BCUT2D eigenvalue weighted by atomic mass is 9.79. The Balaban J connectivity index is 1.47. The van der Waals surface area contributed by atoms with Gasteiger partial charge in [0, 0.05) is 42.3 Å². The molecule has 1 saturated carbocycles. The predicted octanol–water partition coefficient (Wildman–Crippen LogP) is 6.74. The summed E-state index contributed by atoms with van der Waals surface area (Å²) in [6, 6.07) is 19.4. The van der Waals surface area contributed by atoms with Crippen molar-refractivity contribution in [1.29, 1.82) is 0 Å². The van der Waals surface area contributed by atoms with Gasteiger partial charge in [0.15, 0.2) is 0 Å². The van der Waals surface area contributed by atoms with Gasteiger partial charge in [0.2, 0.25) is 0 Å². The van der Waals surface area contributed by atoms with Gasteiger partial charge in [-0.1, -0.05) is 49.6 Å². The van der Waals surface area contributed by atoms with Gasteiger partial charge in [-0.3, -0.25) is 14.6 Å². The molecular formula is C34H47N3O2. The second-order valence-corrected chi connectivity index (χ2v) is 12.0. The van der Waals surface area contributed by atoms with Crippen molar-refractivity contribution < 1.29 is 9.53 Å². The smallest absolute Gasteiger partial charge is 0.251 e. The number of benzene rings is 2. The first-order valence-corrected chi connectivity index (χ1v) is 15.2. The summed E-state index contributed by atoms with van der Waals surface area (Å²) < 4.78 is 5.66. The van der Waals surface area contributed by atoms with Crippen LogP contribution in [0.2, 0.25) is 0 Å². The molecule has 2 aliphatic heterocycles. The Kier molecular flexibility index (Phi) is 9.09. The van der Waals surface area contributed by atoms with Gasteiger partial charge in [-0.05, 0) is 87.8 Å². The van der Waals surface area contributed by atoms with Crippen LogP contribution in [0.1, 0.15) is 99.2 Å². The minimum absolute atomic E-state index is 0.0547. The molecule has 1 aliphatic carbocycles. The van der Waals surface area contributed by atoms with Gasteiger partial charge in [0.05, 0.1) is 13.2 Å². The lowest BCUT2D eigenvalue weighted by Crippen LogP contribution is -2.63.